The Kier molecular flexibility index (Phi) is 3.72. The topological polar surface area (TPSA) is 63.8 Å². The van der Waals surface area contributed by atoms with E-state index in [2.05, 4.69) is 15.3 Å². The van der Waals surface area contributed by atoms with Crippen LogP contribution in [0.25, 0.3) is 0 Å². The number of nitrogen functional groups attached to an aromatic ring is 1. The highest BCUT2D eigenvalue weighted by Crippen LogP contribution is 2.14. The fourth-order valence-corrected chi connectivity index (χ4v) is 1.60. The number of nitrogens with zero attached hydrogens (tertiary/aromatic N) is 2. The zero-order valence-electron chi connectivity index (χ0n) is 10.2. The Bertz CT molecular complexity index is 525. The van der Waals surface area contributed by atoms with Gasteiger partial charge in [-0.05, 0) is 24.1 Å². The molecular formula is C13H15FN4. The van der Waals surface area contributed by atoms with Crippen molar-refractivity contribution in [3.63, 3.8) is 0 Å². The molecule has 0 aliphatic carbocycles. The first-order chi connectivity index (χ1) is 8.70. The molecule has 3 N–H and O–H groups in total. The van der Waals surface area contributed by atoms with Crippen LogP contribution in [-0.2, 0) is 13.0 Å². The molecule has 5 heteroatoms. The van der Waals surface area contributed by atoms with Crippen LogP contribution < -0.4 is 11.1 Å². The third-order valence-corrected chi connectivity index (χ3v) is 2.64. The van der Waals surface area contributed by atoms with Crippen LogP contribution in [0.4, 0.5) is 15.9 Å². The summed E-state index contributed by atoms with van der Waals surface area (Å²) in [7, 11) is 0. The van der Waals surface area contributed by atoms with Crippen LogP contribution in [0.1, 0.15) is 18.2 Å². The molecule has 2 aromatic rings. The van der Waals surface area contributed by atoms with Crippen molar-refractivity contribution in [1.82, 2.24) is 9.97 Å². The molecule has 4 nitrogen and oxygen atoms in total. The van der Waals surface area contributed by atoms with Crippen LogP contribution >= 0.6 is 0 Å². The van der Waals surface area contributed by atoms with E-state index in [-0.39, 0.29) is 11.6 Å². The molecule has 0 aliphatic rings. The second-order valence-corrected chi connectivity index (χ2v) is 3.93. The number of aromatic nitrogens is 2. The summed E-state index contributed by atoms with van der Waals surface area (Å²) in [6.07, 6.45) is 1.91. The number of hydrogen-bond acceptors (Lipinski definition) is 4. The van der Waals surface area contributed by atoms with Crippen LogP contribution in [0.15, 0.2) is 30.6 Å². The van der Waals surface area contributed by atoms with Gasteiger partial charge in [0, 0.05) is 12.2 Å². The minimum atomic E-state index is -0.379. The van der Waals surface area contributed by atoms with Crippen molar-refractivity contribution in [1.29, 1.82) is 0 Å². The van der Waals surface area contributed by atoms with E-state index in [0.717, 1.165) is 5.56 Å². The minimum Gasteiger partial charge on any atom is -0.399 e. The van der Waals surface area contributed by atoms with Crippen LogP contribution in [0.5, 0.6) is 0 Å². The maximum Gasteiger partial charge on any atom is 0.186 e. The number of aryl methyl sites for hydroxylation is 1. The van der Waals surface area contributed by atoms with Crippen LogP contribution in [0, 0.1) is 5.82 Å². The summed E-state index contributed by atoms with van der Waals surface area (Å²) in [5, 5.41) is 2.96. The number of nitrogens with two attached hydrogens (primary N) is 1. The lowest BCUT2D eigenvalue weighted by Crippen LogP contribution is -2.06. The number of nitrogens with one attached hydrogen (secondary N) is 1. The molecule has 1 aromatic heterocycles. The molecule has 18 heavy (non-hydrogen) atoms. The summed E-state index contributed by atoms with van der Waals surface area (Å²) in [6.45, 7) is 2.35. The van der Waals surface area contributed by atoms with Crippen molar-refractivity contribution in [2.24, 2.45) is 0 Å². The van der Waals surface area contributed by atoms with E-state index >= 15 is 0 Å². The van der Waals surface area contributed by atoms with E-state index in [4.69, 9.17) is 5.73 Å². The van der Waals surface area contributed by atoms with Crippen molar-refractivity contribution >= 4 is 11.5 Å². The highest BCUT2D eigenvalue weighted by molar-refractivity contribution is 5.42. The second-order valence-electron chi connectivity index (χ2n) is 3.93. The Morgan fingerprint density at radius 2 is 1.94 bits per heavy atom. The number of anilines is 2. The molecule has 0 atom stereocenters. The number of halogens is 1. The fraction of sp³-hybridized carbons (Fsp3) is 0.231. The van der Waals surface area contributed by atoms with Crippen LogP contribution in [0.3, 0.4) is 0 Å². The van der Waals surface area contributed by atoms with Crippen molar-refractivity contribution in [3.05, 3.63) is 47.7 Å². The smallest absolute Gasteiger partial charge is 0.186 e. The van der Waals surface area contributed by atoms with Gasteiger partial charge in [-0.25, -0.2) is 14.4 Å². The Morgan fingerprint density at radius 3 is 2.61 bits per heavy atom. The SMILES string of the molecule is CCc1ncnc(NCc2ccc(N)cc2)c1F. The molecule has 0 amide bonds. The molecule has 0 aliphatic heterocycles. The number of benzene rings is 1. The lowest BCUT2D eigenvalue weighted by atomic mass is 10.2. The van der Waals surface area contributed by atoms with Gasteiger partial charge < -0.3 is 11.1 Å². The molecule has 1 aromatic carbocycles. The average molecular weight is 246 g/mol. The first-order valence-electron chi connectivity index (χ1n) is 5.78. The molecule has 0 bridgehead atoms. The maximum atomic E-state index is 13.8. The van der Waals surface area contributed by atoms with Gasteiger partial charge in [0.05, 0.1) is 5.69 Å². The summed E-state index contributed by atoms with van der Waals surface area (Å²) in [6, 6.07) is 7.40. The average Bonchev–Trinajstić information content (AvgIpc) is 2.39. The van der Waals surface area contributed by atoms with Gasteiger partial charge in [0.25, 0.3) is 0 Å². The molecule has 0 radical (unpaired) electrons. The van der Waals surface area contributed by atoms with Crippen LogP contribution in [-0.4, -0.2) is 9.97 Å². The third kappa shape index (κ3) is 2.74. The van der Waals surface area contributed by atoms with Gasteiger partial charge in [0.2, 0.25) is 0 Å². The van der Waals surface area contributed by atoms with Gasteiger partial charge in [0.1, 0.15) is 6.33 Å². The van der Waals surface area contributed by atoms with Gasteiger partial charge in [-0.15, -0.1) is 0 Å². The van der Waals surface area contributed by atoms with Gasteiger partial charge in [-0.2, -0.15) is 0 Å². The van der Waals surface area contributed by atoms with Crippen LogP contribution in [0.2, 0.25) is 0 Å². The molecular weight excluding hydrogens is 231 g/mol. The largest absolute Gasteiger partial charge is 0.399 e. The normalized spacial score (nSPS) is 10.3. The molecule has 0 spiro atoms. The van der Waals surface area contributed by atoms with Crippen molar-refractivity contribution < 1.29 is 4.39 Å². The number of hydrogen-bond donors (Lipinski definition) is 2. The second kappa shape index (κ2) is 5.44. The standard InChI is InChI=1S/C13H15FN4/c1-2-11-12(14)13(18-8-17-11)16-7-9-3-5-10(15)6-4-9/h3-6,8H,2,7,15H2,1H3,(H,16,17,18). The monoisotopic (exact) mass is 246 g/mol. The summed E-state index contributed by atoms with van der Waals surface area (Å²) in [5.74, 6) is -0.144. The van der Waals surface area contributed by atoms with Gasteiger partial charge in [-0.1, -0.05) is 19.1 Å². The Balaban J connectivity index is 2.08. The maximum absolute atomic E-state index is 13.8. The highest BCUT2D eigenvalue weighted by Gasteiger charge is 2.08. The van der Waals surface area contributed by atoms with E-state index < -0.39 is 0 Å². The Morgan fingerprint density at radius 1 is 1.22 bits per heavy atom. The molecule has 1 heterocycles. The minimum absolute atomic E-state index is 0.235. The molecule has 0 unspecified atom stereocenters. The van der Waals surface area contributed by atoms with E-state index in [0.29, 0.717) is 24.3 Å². The van der Waals surface area contributed by atoms with E-state index in [1.165, 1.54) is 6.33 Å². The molecule has 0 saturated heterocycles. The Hall–Kier alpha value is -2.17. The van der Waals surface area contributed by atoms with Crippen molar-refractivity contribution in [2.75, 3.05) is 11.1 Å². The predicted molar refractivity (Wildman–Crippen MR) is 69.5 cm³/mol. The molecule has 94 valence electrons. The highest BCUT2D eigenvalue weighted by atomic mass is 19.1. The first kappa shape index (κ1) is 12.3. The van der Waals surface area contributed by atoms with E-state index in [1.54, 1.807) is 0 Å². The Labute approximate surface area is 105 Å². The fourth-order valence-electron chi connectivity index (χ4n) is 1.60. The predicted octanol–water partition coefficient (Wildman–Crippen LogP) is 2.37. The summed E-state index contributed by atoms with van der Waals surface area (Å²) in [5.41, 5.74) is 7.74. The van der Waals surface area contributed by atoms with E-state index in [9.17, 15) is 4.39 Å². The molecule has 0 fully saturated rings. The quantitative estimate of drug-likeness (QED) is 0.813. The van der Waals surface area contributed by atoms with Gasteiger partial charge in [-0.3, -0.25) is 0 Å². The van der Waals surface area contributed by atoms with Gasteiger partial charge >= 0.3 is 0 Å². The number of rotatable bonds is 4. The van der Waals surface area contributed by atoms with E-state index in [1.807, 2.05) is 31.2 Å². The lowest BCUT2D eigenvalue weighted by molar-refractivity contribution is 0.596. The van der Waals surface area contributed by atoms with Crippen molar-refractivity contribution in [2.45, 2.75) is 19.9 Å². The zero-order chi connectivity index (χ0) is 13.0. The van der Waals surface area contributed by atoms with Gasteiger partial charge in [0.15, 0.2) is 11.6 Å². The lowest BCUT2D eigenvalue weighted by Gasteiger charge is -2.08. The first-order valence-corrected chi connectivity index (χ1v) is 5.78. The third-order valence-electron chi connectivity index (χ3n) is 2.64. The summed E-state index contributed by atoms with van der Waals surface area (Å²) < 4.78 is 13.8. The zero-order valence-corrected chi connectivity index (χ0v) is 10.2. The molecule has 2 rings (SSSR count). The summed E-state index contributed by atoms with van der Waals surface area (Å²) >= 11 is 0. The van der Waals surface area contributed by atoms with Crippen molar-refractivity contribution in [3.8, 4) is 0 Å². The molecule has 0 saturated carbocycles. The summed E-state index contributed by atoms with van der Waals surface area (Å²) in [4.78, 5) is 7.78.